The van der Waals surface area contributed by atoms with Crippen LogP contribution in [0, 0.1) is 12.3 Å². The third-order valence-electron chi connectivity index (χ3n) is 3.97. The highest BCUT2D eigenvalue weighted by atomic mass is 32.1. The fourth-order valence-corrected chi connectivity index (χ4v) is 3.76. The van der Waals surface area contributed by atoms with Crippen molar-refractivity contribution in [1.29, 1.82) is 0 Å². The van der Waals surface area contributed by atoms with E-state index in [9.17, 15) is 4.79 Å². The van der Waals surface area contributed by atoms with Crippen molar-refractivity contribution in [3.05, 3.63) is 34.7 Å². The number of aryl methyl sites for hydroxylation is 1. The third kappa shape index (κ3) is 3.27. The number of carbonyl (C=O) groups excluding carboxylic acids is 1. The van der Waals surface area contributed by atoms with E-state index >= 15 is 0 Å². The second kappa shape index (κ2) is 6.16. The number of amides is 1. The Labute approximate surface area is 130 Å². The van der Waals surface area contributed by atoms with Crippen molar-refractivity contribution in [3.8, 4) is 0 Å². The summed E-state index contributed by atoms with van der Waals surface area (Å²) in [6.07, 6.45) is 0. The molecule has 0 spiro atoms. The molecule has 0 saturated carbocycles. The van der Waals surface area contributed by atoms with Crippen LogP contribution in [0.15, 0.2) is 24.3 Å². The Morgan fingerprint density at radius 2 is 2.00 bits per heavy atom. The molecule has 0 bridgehead atoms. The smallest absolute Gasteiger partial charge is 0.226 e. The average Bonchev–Trinajstić information content (AvgIpc) is 2.81. The van der Waals surface area contributed by atoms with Gasteiger partial charge < -0.3 is 10.6 Å². The Bertz CT molecular complexity index is 645. The van der Waals surface area contributed by atoms with Gasteiger partial charge in [0.05, 0.1) is 5.41 Å². The van der Waals surface area contributed by atoms with Gasteiger partial charge >= 0.3 is 0 Å². The summed E-state index contributed by atoms with van der Waals surface area (Å²) in [7, 11) is 1.68. The SMILES string of the molecule is CNC(=O)C(C)(C)CNC(C)c1sc2ccccc2c1C. The van der Waals surface area contributed by atoms with E-state index in [4.69, 9.17) is 0 Å². The van der Waals surface area contributed by atoms with Crippen molar-refractivity contribution in [1.82, 2.24) is 10.6 Å². The number of hydrogen-bond donors (Lipinski definition) is 2. The maximum absolute atomic E-state index is 11.8. The van der Waals surface area contributed by atoms with Gasteiger partial charge in [0.2, 0.25) is 5.91 Å². The molecule has 1 aromatic carbocycles. The molecule has 21 heavy (non-hydrogen) atoms. The Morgan fingerprint density at radius 1 is 1.33 bits per heavy atom. The van der Waals surface area contributed by atoms with Crippen molar-refractivity contribution in [3.63, 3.8) is 0 Å². The lowest BCUT2D eigenvalue weighted by Crippen LogP contribution is -2.42. The number of nitrogens with one attached hydrogen (secondary N) is 2. The van der Waals surface area contributed by atoms with E-state index in [0.717, 1.165) is 0 Å². The molecule has 3 nitrogen and oxygen atoms in total. The molecule has 1 aromatic heterocycles. The Hall–Kier alpha value is -1.39. The van der Waals surface area contributed by atoms with Gasteiger partial charge in [-0.05, 0) is 44.7 Å². The Morgan fingerprint density at radius 3 is 2.62 bits per heavy atom. The molecule has 1 heterocycles. The molecule has 2 N–H and O–H groups in total. The first-order valence-corrected chi connectivity index (χ1v) is 8.12. The fourth-order valence-electron chi connectivity index (χ4n) is 2.53. The van der Waals surface area contributed by atoms with E-state index in [1.807, 2.05) is 25.2 Å². The Balaban J connectivity index is 2.14. The second-order valence-corrected chi connectivity index (χ2v) is 7.24. The lowest BCUT2D eigenvalue weighted by atomic mass is 9.92. The predicted octanol–water partition coefficient (Wildman–Crippen LogP) is 3.63. The maximum atomic E-state index is 11.8. The van der Waals surface area contributed by atoms with Gasteiger partial charge in [0.15, 0.2) is 0 Å². The zero-order valence-corrected chi connectivity index (χ0v) is 14.2. The normalized spacial score (nSPS) is 13.4. The first kappa shape index (κ1) is 16.0. The molecule has 1 amide bonds. The van der Waals surface area contributed by atoms with Gasteiger partial charge in [-0.3, -0.25) is 4.79 Å². The van der Waals surface area contributed by atoms with Crippen LogP contribution in [0.3, 0.4) is 0 Å². The molecule has 0 aliphatic carbocycles. The Kier molecular flexibility index (Phi) is 4.69. The molecular weight excluding hydrogens is 280 g/mol. The summed E-state index contributed by atoms with van der Waals surface area (Å²) in [5.41, 5.74) is 0.932. The number of rotatable bonds is 5. The van der Waals surface area contributed by atoms with Crippen LogP contribution in [-0.2, 0) is 4.79 Å². The van der Waals surface area contributed by atoms with Crippen molar-refractivity contribution >= 4 is 27.3 Å². The van der Waals surface area contributed by atoms with Gasteiger partial charge in [-0.2, -0.15) is 0 Å². The van der Waals surface area contributed by atoms with E-state index in [1.165, 1.54) is 20.5 Å². The zero-order chi connectivity index (χ0) is 15.6. The molecule has 0 saturated heterocycles. The highest BCUT2D eigenvalue weighted by molar-refractivity contribution is 7.19. The largest absolute Gasteiger partial charge is 0.359 e. The summed E-state index contributed by atoms with van der Waals surface area (Å²) in [6, 6.07) is 8.74. The molecule has 2 aromatic rings. The quantitative estimate of drug-likeness (QED) is 0.885. The first-order chi connectivity index (χ1) is 9.86. The lowest BCUT2D eigenvalue weighted by molar-refractivity contribution is -0.128. The number of thiophene rings is 1. The molecule has 1 atom stereocenters. The van der Waals surface area contributed by atoms with Gasteiger partial charge in [-0.1, -0.05) is 18.2 Å². The minimum absolute atomic E-state index is 0.0651. The molecule has 2 rings (SSSR count). The topological polar surface area (TPSA) is 41.1 Å². The molecular formula is C17H24N2OS. The van der Waals surface area contributed by atoms with Gasteiger partial charge in [0.25, 0.3) is 0 Å². The van der Waals surface area contributed by atoms with E-state index in [1.54, 1.807) is 7.05 Å². The highest BCUT2D eigenvalue weighted by Gasteiger charge is 2.27. The van der Waals surface area contributed by atoms with Crippen LogP contribution in [0.5, 0.6) is 0 Å². The fraction of sp³-hybridized carbons (Fsp3) is 0.471. The monoisotopic (exact) mass is 304 g/mol. The second-order valence-electron chi connectivity index (χ2n) is 6.15. The molecule has 4 heteroatoms. The number of hydrogen-bond acceptors (Lipinski definition) is 3. The van der Waals surface area contributed by atoms with Crippen molar-refractivity contribution < 1.29 is 4.79 Å². The minimum atomic E-state index is -0.409. The lowest BCUT2D eigenvalue weighted by Gasteiger charge is -2.25. The summed E-state index contributed by atoms with van der Waals surface area (Å²) in [5, 5.41) is 7.56. The standard InChI is InChI=1S/C17H24N2OS/c1-11-13-8-6-7-9-14(13)21-15(11)12(2)19-10-17(3,4)16(20)18-5/h6-9,12,19H,10H2,1-5H3,(H,18,20). The van der Waals surface area contributed by atoms with Crippen LogP contribution in [0.25, 0.3) is 10.1 Å². The summed E-state index contributed by atoms with van der Waals surface area (Å²) >= 11 is 1.83. The summed E-state index contributed by atoms with van der Waals surface area (Å²) in [5.74, 6) is 0.0651. The van der Waals surface area contributed by atoms with Crippen LogP contribution in [0.4, 0.5) is 0 Å². The number of fused-ring (bicyclic) bond motifs is 1. The van der Waals surface area contributed by atoms with E-state index in [2.05, 4.69) is 48.7 Å². The molecule has 114 valence electrons. The molecule has 0 fully saturated rings. The highest BCUT2D eigenvalue weighted by Crippen LogP contribution is 2.34. The van der Waals surface area contributed by atoms with Crippen molar-refractivity contribution in [2.24, 2.45) is 5.41 Å². The van der Waals surface area contributed by atoms with Crippen molar-refractivity contribution in [2.75, 3.05) is 13.6 Å². The summed E-state index contributed by atoms with van der Waals surface area (Å²) < 4.78 is 1.32. The van der Waals surface area contributed by atoms with Crippen molar-refractivity contribution in [2.45, 2.75) is 33.7 Å². The number of benzene rings is 1. The summed E-state index contributed by atoms with van der Waals surface area (Å²) in [6.45, 7) is 8.92. The van der Waals surface area contributed by atoms with Crippen LogP contribution >= 0.6 is 11.3 Å². The van der Waals surface area contributed by atoms with Crippen LogP contribution in [0.1, 0.15) is 37.3 Å². The minimum Gasteiger partial charge on any atom is -0.359 e. The van der Waals surface area contributed by atoms with Gasteiger partial charge in [-0.25, -0.2) is 0 Å². The van der Waals surface area contributed by atoms with Crippen LogP contribution in [0.2, 0.25) is 0 Å². The van der Waals surface area contributed by atoms with Gasteiger partial charge in [0, 0.05) is 29.2 Å². The zero-order valence-electron chi connectivity index (χ0n) is 13.4. The van der Waals surface area contributed by atoms with E-state index in [-0.39, 0.29) is 11.9 Å². The van der Waals surface area contributed by atoms with Gasteiger partial charge in [-0.15, -0.1) is 11.3 Å². The maximum Gasteiger partial charge on any atom is 0.226 e. The summed E-state index contributed by atoms with van der Waals surface area (Å²) in [4.78, 5) is 13.2. The molecule has 0 aliphatic rings. The van der Waals surface area contributed by atoms with Crippen LogP contribution < -0.4 is 10.6 Å². The van der Waals surface area contributed by atoms with E-state index in [0.29, 0.717) is 6.54 Å². The molecule has 0 radical (unpaired) electrons. The third-order valence-corrected chi connectivity index (χ3v) is 5.42. The first-order valence-electron chi connectivity index (χ1n) is 7.30. The van der Waals surface area contributed by atoms with Gasteiger partial charge in [0.1, 0.15) is 0 Å². The number of carbonyl (C=O) groups is 1. The molecule has 1 unspecified atom stereocenters. The van der Waals surface area contributed by atoms with E-state index < -0.39 is 5.41 Å². The van der Waals surface area contributed by atoms with Crippen LogP contribution in [-0.4, -0.2) is 19.5 Å². The predicted molar refractivity (Wildman–Crippen MR) is 90.8 cm³/mol. The average molecular weight is 304 g/mol. The molecule has 0 aliphatic heterocycles.